The van der Waals surface area contributed by atoms with Crippen LogP contribution in [0.25, 0.3) is 11.2 Å². The maximum atomic E-state index is 10.9. The van der Waals surface area contributed by atoms with Gasteiger partial charge in [0.1, 0.15) is 6.33 Å². The van der Waals surface area contributed by atoms with Gasteiger partial charge in [0.25, 0.3) is 0 Å². The third kappa shape index (κ3) is 4.08. The van der Waals surface area contributed by atoms with Gasteiger partial charge in [-0.3, -0.25) is 4.79 Å². The van der Waals surface area contributed by atoms with Crippen molar-refractivity contribution in [2.75, 3.05) is 12.3 Å². The zero-order chi connectivity index (χ0) is 17.8. The molecule has 7 nitrogen and oxygen atoms in total. The van der Waals surface area contributed by atoms with E-state index in [-0.39, 0.29) is 5.97 Å². The lowest BCUT2D eigenvalue weighted by molar-refractivity contribution is -0.141. The molecule has 0 atom stereocenters. The molecule has 0 saturated heterocycles. The summed E-state index contributed by atoms with van der Waals surface area (Å²) in [5.74, 6) is 0.0748. The molecule has 0 saturated carbocycles. The Hall–Kier alpha value is -2.61. The fourth-order valence-corrected chi connectivity index (χ4v) is 3.27. The molecule has 2 heterocycles. The number of nitrogen functional groups attached to an aromatic ring is 1. The van der Waals surface area contributed by atoms with Crippen molar-refractivity contribution < 1.29 is 9.53 Å². The molecule has 3 aromatic rings. The lowest BCUT2D eigenvalue weighted by atomic mass is 10.2. The van der Waals surface area contributed by atoms with Gasteiger partial charge in [0, 0.05) is 18.4 Å². The van der Waals surface area contributed by atoms with Gasteiger partial charge in [-0.25, -0.2) is 15.0 Å². The first-order valence-electron chi connectivity index (χ1n) is 7.89. The molecule has 1 aromatic carbocycles. The number of nitrogens with zero attached hydrogens (tertiary/aromatic N) is 4. The zero-order valence-corrected chi connectivity index (χ0v) is 14.9. The second kappa shape index (κ2) is 7.52. The normalized spacial score (nSPS) is 11.0. The Morgan fingerprint density at radius 2 is 2.04 bits per heavy atom. The Bertz CT molecular complexity index is 892. The van der Waals surface area contributed by atoms with Crippen LogP contribution in [-0.4, -0.2) is 32.1 Å². The van der Waals surface area contributed by atoms with Crippen molar-refractivity contribution >= 4 is 34.7 Å². The van der Waals surface area contributed by atoms with Crippen LogP contribution in [-0.2, 0) is 16.1 Å². The number of esters is 1. The summed E-state index contributed by atoms with van der Waals surface area (Å²) in [6, 6.07) is 8.23. The largest absolute Gasteiger partial charge is 0.466 e. The van der Waals surface area contributed by atoms with Crippen LogP contribution < -0.4 is 5.73 Å². The second-order valence-electron chi connectivity index (χ2n) is 5.59. The van der Waals surface area contributed by atoms with Gasteiger partial charge in [0.15, 0.2) is 22.1 Å². The number of aromatic nitrogens is 4. The van der Waals surface area contributed by atoms with Crippen LogP contribution in [0.3, 0.4) is 0 Å². The summed E-state index contributed by atoms with van der Waals surface area (Å²) in [6.07, 6.45) is 2.10. The lowest BCUT2D eigenvalue weighted by Crippen LogP contribution is -2.07. The highest BCUT2D eigenvalue weighted by Gasteiger charge is 2.15. The molecule has 0 aliphatic carbocycles. The molecule has 2 aromatic heterocycles. The monoisotopic (exact) mass is 357 g/mol. The number of hydrogen-bond donors (Lipinski definition) is 1. The highest BCUT2D eigenvalue weighted by Crippen LogP contribution is 2.31. The van der Waals surface area contributed by atoms with Gasteiger partial charge >= 0.3 is 5.97 Å². The van der Waals surface area contributed by atoms with E-state index in [0.717, 1.165) is 10.1 Å². The van der Waals surface area contributed by atoms with Crippen LogP contribution in [0.15, 0.2) is 40.6 Å². The van der Waals surface area contributed by atoms with E-state index in [0.29, 0.717) is 36.6 Å². The lowest BCUT2D eigenvalue weighted by Gasteiger charge is -2.08. The Kier molecular flexibility index (Phi) is 5.18. The summed E-state index contributed by atoms with van der Waals surface area (Å²) in [5.41, 5.74) is 8.42. The third-order valence-electron chi connectivity index (χ3n) is 3.59. The predicted molar refractivity (Wildman–Crippen MR) is 96.3 cm³/mol. The van der Waals surface area contributed by atoms with E-state index in [2.05, 4.69) is 46.1 Å². The molecule has 0 spiro atoms. The first-order chi connectivity index (χ1) is 12.0. The summed E-state index contributed by atoms with van der Waals surface area (Å²) in [4.78, 5) is 24.9. The standard InChI is InChI=1S/C17H19N5O2S/c1-11-4-6-13(7-5-11)25-17-21-14-15(18)19-10-20-16(14)22(17)8-3-9-24-12(2)23/h4-7,10H,3,8-9H2,1-2H3,(H2,18,19,20). The van der Waals surface area contributed by atoms with Gasteiger partial charge in [0.2, 0.25) is 0 Å². The van der Waals surface area contributed by atoms with Crippen molar-refractivity contribution in [3.05, 3.63) is 36.2 Å². The van der Waals surface area contributed by atoms with Crippen molar-refractivity contribution in [2.24, 2.45) is 0 Å². The van der Waals surface area contributed by atoms with Gasteiger partial charge in [-0.05, 0) is 25.5 Å². The summed E-state index contributed by atoms with van der Waals surface area (Å²) < 4.78 is 7.00. The molecule has 3 rings (SSSR count). The van der Waals surface area contributed by atoms with Gasteiger partial charge in [0.05, 0.1) is 6.61 Å². The quantitative estimate of drug-likeness (QED) is 0.535. The molecule has 0 radical (unpaired) electrons. The van der Waals surface area contributed by atoms with Crippen molar-refractivity contribution in [1.29, 1.82) is 0 Å². The molecule has 25 heavy (non-hydrogen) atoms. The summed E-state index contributed by atoms with van der Waals surface area (Å²) in [6.45, 7) is 4.42. The van der Waals surface area contributed by atoms with Gasteiger partial charge < -0.3 is 15.0 Å². The minimum atomic E-state index is -0.281. The first-order valence-corrected chi connectivity index (χ1v) is 8.71. The summed E-state index contributed by atoms with van der Waals surface area (Å²) >= 11 is 1.54. The van der Waals surface area contributed by atoms with E-state index >= 15 is 0 Å². The van der Waals surface area contributed by atoms with Gasteiger partial charge in [-0.2, -0.15) is 0 Å². The average Bonchev–Trinajstić information content (AvgIpc) is 2.92. The van der Waals surface area contributed by atoms with E-state index in [1.807, 2.05) is 4.57 Å². The van der Waals surface area contributed by atoms with Gasteiger partial charge in [-0.15, -0.1) is 0 Å². The predicted octanol–water partition coefficient (Wildman–Crippen LogP) is 2.82. The number of imidazole rings is 1. The van der Waals surface area contributed by atoms with Crippen LogP contribution in [0.2, 0.25) is 0 Å². The third-order valence-corrected chi connectivity index (χ3v) is 4.59. The number of aryl methyl sites for hydroxylation is 2. The van der Waals surface area contributed by atoms with Crippen LogP contribution in [0.4, 0.5) is 5.82 Å². The first kappa shape index (κ1) is 17.2. The molecular weight excluding hydrogens is 338 g/mol. The summed E-state index contributed by atoms with van der Waals surface area (Å²) in [5, 5.41) is 0.786. The molecule has 8 heteroatoms. The molecule has 0 amide bonds. The molecular formula is C17H19N5O2S. The molecule has 0 bridgehead atoms. The Labute approximate surface area is 149 Å². The number of carbonyl (C=O) groups is 1. The van der Waals surface area contributed by atoms with E-state index in [9.17, 15) is 4.79 Å². The van der Waals surface area contributed by atoms with Crippen molar-refractivity contribution in [1.82, 2.24) is 19.5 Å². The highest BCUT2D eigenvalue weighted by molar-refractivity contribution is 7.99. The number of fused-ring (bicyclic) bond motifs is 1. The van der Waals surface area contributed by atoms with Crippen LogP contribution in [0.5, 0.6) is 0 Å². The number of carbonyl (C=O) groups excluding carboxylic acids is 1. The van der Waals surface area contributed by atoms with Crippen molar-refractivity contribution in [3.8, 4) is 0 Å². The SMILES string of the molecule is CC(=O)OCCCn1c(Sc2ccc(C)cc2)nc2c(N)ncnc21. The van der Waals surface area contributed by atoms with E-state index in [1.54, 1.807) is 11.8 Å². The highest BCUT2D eigenvalue weighted by atomic mass is 32.2. The minimum Gasteiger partial charge on any atom is -0.466 e. The summed E-state index contributed by atoms with van der Waals surface area (Å²) in [7, 11) is 0. The smallest absolute Gasteiger partial charge is 0.302 e. The Balaban J connectivity index is 1.89. The van der Waals surface area contributed by atoms with E-state index < -0.39 is 0 Å². The Morgan fingerprint density at radius 1 is 1.28 bits per heavy atom. The molecule has 0 unspecified atom stereocenters. The number of ether oxygens (including phenoxy) is 1. The zero-order valence-electron chi connectivity index (χ0n) is 14.1. The van der Waals surface area contributed by atoms with Crippen LogP contribution in [0.1, 0.15) is 18.9 Å². The van der Waals surface area contributed by atoms with Crippen LogP contribution >= 0.6 is 11.8 Å². The molecule has 0 aliphatic rings. The number of nitrogens with two attached hydrogens (primary N) is 1. The van der Waals surface area contributed by atoms with Crippen molar-refractivity contribution in [3.63, 3.8) is 0 Å². The number of hydrogen-bond acceptors (Lipinski definition) is 7. The second-order valence-corrected chi connectivity index (χ2v) is 6.63. The average molecular weight is 357 g/mol. The minimum absolute atomic E-state index is 0.281. The Morgan fingerprint density at radius 3 is 2.76 bits per heavy atom. The molecule has 2 N–H and O–H groups in total. The number of anilines is 1. The molecule has 0 aliphatic heterocycles. The maximum Gasteiger partial charge on any atom is 0.302 e. The van der Waals surface area contributed by atoms with E-state index in [4.69, 9.17) is 10.5 Å². The maximum absolute atomic E-state index is 10.9. The van der Waals surface area contributed by atoms with Gasteiger partial charge in [-0.1, -0.05) is 29.5 Å². The van der Waals surface area contributed by atoms with Crippen LogP contribution in [0, 0.1) is 6.92 Å². The van der Waals surface area contributed by atoms with Crippen molar-refractivity contribution in [2.45, 2.75) is 36.9 Å². The topological polar surface area (TPSA) is 95.9 Å². The number of benzene rings is 1. The fourth-order valence-electron chi connectivity index (χ4n) is 2.36. The molecule has 0 fully saturated rings. The molecule has 130 valence electrons. The number of rotatable bonds is 6. The fraction of sp³-hybridized carbons (Fsp3) is 0.294. The van der Waals surface area contributed by atoms with E-state index in [1.165, 1.54) is 18.8 Å².